The molecule has 0 bridgehead atoms. The largest absolute Gasteiger partial charge is 0.490 e. The standard InChI is InChI=1S/C24H26O4/c1-17(2)19-8-5-6-10-22(19)27-15-16-28-23-13-11-18-7-3-4-9-20(18)21(23)12-14-24(25)26/h3-11,13,17H,12,14-16H2,1-2H3,(H,25,26). The molecule has 0 atom stereocenters. The lowest BCUT2D eigenvalue weighted by Gasteiger charge is -2.16. The first-order valence-corrected chi connectivity index (χ1v) is 9.63. The summed E-state index contributed by atoms with van der Waals surface area (Å²) in [5, 5.41) is 11.2. The van der Waals surface area contributed by atoms with Crippen LogP contribution in [0.3, 0.4) is 0 Å². The van der Waals surface area contributed by atoms with Crippen molar-refractivity contribution in [3.63, 3.8) is 0 Å². The van der Waals surface area contributed by atoms with Crippen LogP contribution in [-0.4, -0.2) is 24.3 Å². The summed E-state index contributed by atoms with van der Waals surface area (Å²) in [6, 6.07) is 19.9. The summed E-state index contributed by atoms with van der Waals surface area (Å²) in [5.41, 5.74) is 2.11. The van der Waals surface area contributed by atoms with Crippen LogP contribution in [-0.2, 0) is 11.2 Å². The molecular formula is C24H26O4. The van der Waals surface area contributed by atoms with Gasteiger partial charge in [0.1, 0.15) is 24.7 Å². The summed E-state index contributed by atoms with van der Waals surface area (Å²) in [6.45, 7) is 5.10. The van der Waals surface area contributed by atoms with Crippen molar-refractivity contribution in [2.75, 3.05) is 13.2 Å². The number of para-hydroxylation sites is 1. The van der Waals surface area contributed by atoms with Crippen molar-refractivity contribution in [3.05, 3.63) is 71.8 Å². The van der Waals surface area contributed by atoms with Crippen molar-refractivity contribution in [1.29, 1.82) is 0 Å². The van der Waals surface area contributed by atoms with E-state index in [1.54, 1.807) is 0 Å². The third-order valence-electron chi connectivity index (χ3n) is 4.73. The van der Waals surface area contributed by atoms with Crippen LogP contribution in [0.4, 0.5) is 0 Å². The molecule has 3 aromatic rings. The number of hydrogen-bond donors (Lipinski definition) is 1. The lowest BCUT2D eigenvalue weighted by Crippen LogP contribution is -2.11. The second-order valence-corrected chi connectivity index (χ2v) is 7.05. The van der Waals surface area contributed by atoms with E-state index in [0.717, 1.165) is 27.8 Å². The maximum absolute atomic E-state index is 11.1. The average Bonchev–Trinajstić information content (AvgIpc) is 2.70. The Balaban J connectivity index is 1.70. The SMILES string of the molecule is CC(C)c1ccccc1OCCOc1ccc2ccccc2c1CCC(=O)O. The lowest BCUT2D eigenvalue weighted by atomic mass is 10.00. The molecule has 146 valence electrons. The van der Waals surface area contributed by atoms with Gasteiger partial charge in [0.15, 0.2) is 0 Å². The van der Waals surface area contributed by atoms with Crippen LogP contribution < -0.4 is 9.47 Å². The van der Waals surface area contributed by atoms with Gasteiger partial charge in [0.25, 0.3) is 0 Å². The van der Waals surface area contributed by atoms with Gasteiger partial charge in [-0.2, -0.15) is 0 Å². The van der Waals surface area contributed by atoms with Gasteiger partial charge >= 0.3 is 5.97 Å². The zero-order valence-electron chi connectivity index (χ0n) is 16.4. The lowest BCUT2D eigenvalue weighted by molar-refractivity contribution is -0.136. The summed E-state index contributed by atoms with van der Waals surface area (Å²) in [7, 11) is 0. The zero-order valence-corrected chi connectivity index (χ0v) is 16.4. The van der Waals surface area contributed by atoms with E-state index in [1.165, 1.54) is 5.56 Å². The maximum atomic E-state index is 11.1. The van der Waals surface area contributed by atoms with Crippen molar-refractivity contribution in [3.8, 4) is 11.5 Å². The van der Waals surface area contributed by atoms with Crippen molar-refractivity contribution in [2.45, 2.75) is 32.6 Å². The molecule has 0 unspecified atom stereocenters. The van der Waals surface area contributed by atoms with Crippen molar-refractivity contribution in [2.24, 2.45) is 0 Å². The molecule has 0 spiro atoms. The zero-order chi connectivity index (χ0) is 19.9. The number of carboxylic acid groups (broad SMARTS) is 1. The Morgan fingerprint density at radius 1 is 0.893 bits per heavy atom. The molecule has 0 aliphatic heterocycles. The molecule has 4 nitrogen and oxygen atoms in total. The maximum Gasteiger partial charge on any atom is 0.303 e. The molecule has 0 radical (unpaired) electrons. The van der Waals surface area contributed by atoms with Crippen molar-refractivity contribution >= 4 is 16.7 Å². The van der Waals surface area contributed by atoms with Gasteiger partial charge < -0.3 is 14.6 Å². The molecule has 0 saturated carbocycles. The van der Waals surface area contributed by atoms with Crippen LogP contribution in [0.25, 0.3) is 10.8 Å². The van der Waals surface area contributed by atoms with E-state index in [0.29, 0.717) is 25.6 Å². The summed E-state index contributed by atoms with van der Waals surface area (Å²) in [5.74, 6) is 1.18. The van der Waals surface area contributed by atoms with E-state index >= 15 is 0 Å². The van der Waals surface area contributed by atoms with E-state index in [-0.39, 0.29) is 6.42 Å². The minimum Gasteiger partial charge on any atom is -0.490 e. The highest BCUT2D eigenvalue weighted by Crippen LogP contribution is 2.30. The fourth-order valence-corrected chi connectivity index (χ4v) is 3.33. The van der Waals surface area contributed by atoms with Gasteiger partial charge in [0.05, 0.1) is 0 Å². The van der Waals surface area contributed by atoms with Gasteiger partial charge in [-0.15, -0.1) is 0 Å². The van der Waals surface area contributed by atoms with Crippen LogP contribution in [0.5, 0.6) is 11.5 Å². The van der Waals surface area contributed by atoms with E-state index in [4.69, 9.17) is 14.6 Å². The van der Waals surface area contributed by atoms with Crippen LogP contribution in [0.1, 0.15) is 37.3 Å². The van der Waals surface area contributed by atoms with Gasteiger partial charge in [-0.1, -0.05) is 62.4 Å². The van der Waals surface area contributed by atoms with Gasteiger partial charge in [0.2, 0.25) is 0 Å². The minimum atomic E-state index is -0.812. The van der Waals surface area contributed by atoms with Crippen molar-refractivity contribution < 1.29 is 19.4 Å². The predicted octanol–water partition coefficient (Wildman–Crippen LogP) is 5.44. The molecule has 0 saturated heterocycles. The predicted molar refractivity (Wildman–Crippen MR) is 111 cm³/mol. The Bertz CT molecular complexity index is 946. The molecule has 0 aliphatic carbocycles. The summed E-state index contributed by atoms with van der Waals surface area (Å²) < 4.78 is 11.9. The highest BCUT2D eigenvalue weighted by atomic mass is 16.5. The van der Waals surface area contributed by atoms with E-state index < -0.39 is 5.97 Å². The van der Waals surface area contributed by atoms with Crippen LogP contribution in [0.2, 0.25) is 0 Å². The number of hydrogen-bond acceptors (Lipinski definition) is 3. The molecule has 0 fully saturated rings. The number of aliphatic carboxylic acids is 1. The van der Waals surface area contributed by atoms with E-state index in [1.807, 2.05) is 54.6 Å². The molecule has 0 heterocycles. The smallest absolute Gasteiger partial charge is 0.303 e. The van der Waals surface area contributed by atoms with Gasteiger partial charge in [0, 0.05) is 12.0 Å². The topological polar surface area (TPSA) is 55.8 Å². The van der Waals surface area contributed by atoms with Gasteiger partial charge in [-0.25, -0.2) is 0 Å². The quantitative estimate of drug-likeness (QED) is 0.504. The third kappa shape index (κ3) is 4.83. The Labute approximate surface area is 165 Å². The number of carbonyl (C=O) groups is 1. The number of ether oxygens (including phenoxy) is 2. The molecular weight excluding hydrogens is 352 g/mol. The molecule has 0 aliphatic rings. The normalized spacial score (nSPS) is 11.0. The van der Waals surface area contributed by atoms with Gasteiger partial charge in [-0.3, -0.25) is 4.79 Å². The Morgan fingerprint density at radius 3 is 2.32 bits per heavy atom. The fourth-order valence-electron chi connectivity index (χ4n) is 3.33. The monoisotopic (exact) mass is 378 g/mol. The molecule has 4 heteroatoms. The number of benzene rings is 3. The molecule has 3 rings (SSSR count). The van der Waals surface area contributed by atoms with Crippen LogP contribution in [0, 0.1) is 0 Å². The van der Waals surface area contributed by atoms with Crippen LogP contribution in [0.15, 0.2) is 60.7 Å². The number of carboxylic acids is 1. The van der Waals surface area contributed by atoms with Crippen LogP contribution >= 0.6 is 0 Å². The Kier molecular flexibility index (Phi) is 6.53. The Morgan fingerprint density at radius 2 is 1.57 bits per heavy atom. The summed E-state index contributed by atoms with van der Waals surface area (Å²) >= 11 is 0. The third-order valence-corrected chi connectivity index (χ3v) is 4.73. The molecule has 0 aromatic heterocycles. The first kappa shape index (κ1) is 19.7. The second kappa shape index (κ2) is 9.27. The molecule has 28 heavy (non-hydrogen) atoms. The average molecular weight is 378 g/mol. The molecule has 1 N–H and O–H groups in total. The van der Waals surface area contributed by atoms with E-state index in [9.17, 15) is 4.79 Å². The minimum absolute atomic E-state index is 0.0721. The highest BCUT2D eigenvalue weighted by molar-refractivity contribution is 5.88. The highest BCUT2D eigenvalue weighted by Gasteiger charge is 2.11. The number of fused-ring (bicyclic) bond motifs is 1. The van der Waals surface area contributed by atoms with Gasteiger partial charge in [-0.05, 0) is 40.8 Å². The number of rotatable bonds is 9. The number of aryl methyl sites for hydroxylation is 1. The molecule has 0 amide bonds. The summed E-state index contributed by atoms with van der Waals surface area (Å²) in [6.07, 6.45) is 0.506. The second-order valence-electron chi connectivity index (χ2n) is 7.05. The Hall–Kier alpha value is -3.01. The van der Waals surface area contributed by atoms with Crippen molar-refractivity contribution in [1.82, 2.24) is 0 Å². The van der Waals surface area contributed by atoms with E-state index in [2.05, 4.69) is 19.9 Å². The first-order chi connectivity index (χ1) is 13.6. The molecule has 3 aromatic carbocycles. The first-order valence-electron chi connectivity index (χ1n) is 9.63. The fraction of sp³-hybridized carbons (Fsp3) is 0.292. The summed E-state index contributed by atoms with van der Waals surface area (Å²) in [4.78, 5) is 11.1.